The molecule has 72 valence electrons. The summed E-state index contributed by atoms with van der Waals surface area (Å²) in [5, 5.41) is 15.1. The number of hydrogen-bond acceptors (Lipinski definition) is 2. The number of aromatic hydroxyl groups is 1. The largest absolute Gasteiger partial charge is 0.506 e. The Morgan fingerprint density at radius 1 is 1.14 bits per heavy atom. The Morgan fingerprint density at radius 2 is 1.93 bits per heavy atom. The van der Waals surface area contributed by atoms with Crippen molar-refractivity contribution in [3.63, 3.8) is 0 Å². The van der Waals surface area contributed by atoms with E-state index in [0.29, 0.717) is 5.75 Å². The van der Waals surface area contributed by atoms with Gasteiger partial charge in [0.15, 0.2) is 0 Å². The number of phenols is 1. The van der Waals surface area contributed by atoms with Crippen LogP contribution in [-0.4, -0.2) is 11.7 Å². The highest BCUT2D eigenvalue weighted by Crippen LogP contribution is 2.31. The molecule has 0 aliphatic carbocycles. The minimum Gasteiger partial charge on any atom is -0.506 e. The molecule has 2 heteroatoms. The molecule has 0 saturated heterocycles. The van der Waals surface area contributed by atoms with E-state index in [1.165, 1.54) is 0 Å². The summed E-state index contributed by atoms with van der Waals surface area (Å²) < 4.78 is 0. The van der Waals surface area contributed by atoms with Gasteiger partial charge in [-0.15, -0.1) is 0 Å². The third-order valence-electron chi connectivity index (χ3n) is 2.26. The fraction of sp³-hybridized carbons (Fsp3) is 0.167. The molecule has 0 aliphatic heterocycles. The molecule has 2 N–H and O–H groups in total. The highest BCUT2D eigenvalue weighted by atomic mass is 16.3. The van der Waals surface area contributed by atoms with Gasteiger partial charge in [-0.1, -0.05) is 30.3 Å². The SMILES string of the molecule is CCNc1c(O)ccc2ccccc12. The van der Waals surface area contributed by atoms with Crippen LogP contribution in [0.4, 0.5) is 5.69 Å². The second kappa shape index (κ2) is 3.58. The average Bonchev–Trinajstić information content (AvgIpc) is 2.23. The first-order valence-corrected chi connectivity index (χ1v) is 4.77. The Bertz CT molecular complexity index is 451. The summed E-state index contributed by atoms with van der Waals surface area (Å²) in [6.07, 6.45) is 0. The number of fused-ring (bicyclic) bond motifs is 1. The molecule has 0 unspecified atom stereocenters. The van der Waals surface area contributed by atoms with Crippen molar-refractivity contribution >= 4 is 16.5 Å². The molecule has 0 heterocycles. The van der Waals surface area contributed by atoms with Crippen LogP contribution in [0, 0.1) is 0 Å². The number of nitrogens with one attached hydrogen (secondary N) is 1. The van der Waals surface area contributed by atoms with E-state index in [2.05, 4.69) is 5.32 Å². The first-order chi connectivity index (χ1) is 6.83. The summed E-state index contributed by atoms with van der Waals surface area (Å²) in [7, 11) is 0. The van der Waals surface area contributed by atoms with Gasteiger partial charge in [-0.2, -0.15) is 0 Å². The van der Waals surface area contributed by atoms with Gasteiger partial charge in [-0.25, -0.2) is 0 Å². The van der Waals surface area contributed by atoms with Crippen LogP contribution in [-0.2, 0) is 0 Å². The number of benzene rings is 2. The molecule has 2 rings (SSSR count). The topological polar surface area (TPSA) is 32.3 Å². The smallest absolute Gasteiger partial charge is 0.139 e. The Balaban J connectivity index is 2.69. The highest BCUT2D eigenvalue weighted by Gasteiger charge is 2.04. The third-order valence-corrected chi connectivity index (χ3v) is 2.26. The second-order valence-electron chi connectivity index (χ2n) is 3.21. The van der Waals surface area contributed by atoms with Crippen LogP contribution < -0.4 is 5.32 Å². The lowest BCUT2D eigenvalue weighted by molar-refractivity contribution is 0.478. The molecule has 0 atom stereocenters. The lowest BCUT2D eigenvalue weighted by Gasteiger charge is -2.09. The number of phenolic OH excluding ortho intramolecular Hbond substituents is 1. The molecule has 14 heavy (non-hydrogen) atoms. The molecule has 2 aromatic rings. The van der Waals surface area contributed by atoms with Crippen molar-refractivity contribution in [1.29, 1.82) is 0 Å². The van der Waals surface area contributed by atoms with Crippen LogP contribution in [0.3, 0.4) is 0 Å². The standard InChI is InChI=1S/C12H13NO/c1-2-13-12-10-6-4-3-5-9(10)7-8-11(12)14/h3-8,13-14H,2H2,1H3. The van der Waals surface area contributed by atoms with E-state index in [0.717, 1.165) is 23.0 Å². The van der Waals surface area contributed by atoms with E-state index in [1.807, 2.05) is 37.3 Å². The van der Waals surface area contributed by atoms with E-state index in [4.69, 9.17) is 0 Å². The quantitative estimate of drug-likeness (QED) is 0.708. The van der Waals surface area contributed by atoms with Crippen molar-refractivity contribution < 1.29 is 5.11 Å². The Morgan fingerprint density at radius 3 is 2.71 bits per heavy atom. The van der Waals surface area contributed by atoms with Crippen molar-refractivity contribution in [2.45, 2.75) is 6.92 Å². The van der Waals surface area contributed by atoms with Gasteiger partial charge in [-0.05, 0) is 18.4 Å². The van der Waals surface area contributed by atoms with Crippen molar-refractivity contribution in [3.8, 4) is 5.75 Å². The predicted molar refractivity (Wildman–Crippen MR) is 59.8 cm³/mol. The molecular formula is C12H13NO. The van der Waals surface area contributed by atoms with Gasteiger partial charge in [0.25, 0.3) is 0 Å². The van der Waals surface area contributed by atoms with Gasteiger partial charge in [0, 0.05) is 11.9 Å². The monoisotopic (exact) mass is 187 g/mol. The van der Waals surface area contributed by atoms with Gasteiger partial charge in [-0.3, -0.25) is 0 Å². The predicted octanol–water partition coefficient (Wildman–Crippen LogP) is 2.98. The summed E-state index contributed by atoms with van der Waals surface area (Å²) in [6.45, 7) is 2.82. The maximum atomic E-state index is 9.68. The summed E-state index contributed by atoms with van der Waals surface area (Å²) >= 11 is 0. The molecule has 0 bridgehead atoms. The molecule has 0 fully saturated rings. The first kappa shape index (κ1) is 8.88. The van der Waals surface area contributed by atoms with Crippen LogP contribution >= 0.6 is 0 Å². The van der Waals surface area contributed by atoms with Crippen molar-refractivity contribution in [2.75, 3.05) is 11.9 Å². The molecule has 0 amide bonds. The first-order valence-electron chi connectivity index (χ1n) is 4.77. The average molecular weight is 187 g/mol. The van der Waals surface area contributed by atoms with Gasteiger partial charge in [0.05, 0.1) is 5.69 Å². The molecule has 0 spiro atoms. The summed E-state index contributed by atoms with van der Waals surface area (Å²) in [4.78, 5) is 0. The molecule has 0 aromatic heterocycles. The Kier molecular flexibility index (Phi) is 2.27. The highest BCUT2D eigenvalue weighted by molar-refractivity contribution is 5.96. The minimum atomic E-state index is 0.311. The molecule has 2 nitrogen and oxygen atoms in total. The van der Waals surface area contributed by atoms with Crippen LogP contribution in [0.1, 0.15) is 6.92 Å². The van der Waals surface area contributed by atoms with Crippen molar-refractivity contribution in [1.82, 2.24) is 0 Å². The van der Waals surface area contributed by atoms with Crippen LogP contribution in [0.2, 0.25) is 0 Å². The van der Waals surface area contributed by atoms with Gasteiger partial charge < -0.3 is 10.4 Å². The van der Waals surface area contributed by atoms with Gasteiger partial charge >= 0.3 is 0 Å². The maximum absolute atomic E-state index is 9.68. The van der Waals surface area contributed by atoms with Crippen molar-refractivity contribution in [2.24, 2.45) is 0 Å². The van der Waals surface area contributed by atoms with E-state index in [-0.39, 0.29) is 0 Å². The molecule has 0 radical (unpaired) electrons. The molecule has 0 saturated carbocycles. The minimum absolute atomic E-state index is 0.311. The van der Waals surface area contributed by atoms with Gasteiger partial charge in [0.2, 0.25) is 0 Å². The molecule has 2 aromatic carbocycles. The Labute approximate surface area is 83.2 Å². The van der Waals surface area contributed by atoms with Gasteiger partial charge in [0.1, 0.15) is 5.75 Å². The number of rotatable bonds is 2. The zero-order valence-corrected chi connectivity index (χ0v) is 8.12. The second-order valence-corrected chi connectivity index (χ2v) is 3.21. The zero-order valence-electron chi connectivity index (χ0n) is 8.12. The maximum Gasteiger partial charge on any atom is 0.139 e. The molecular weight excluding hydrogens is 174 g/mol. The summed E-state index contributed by atoms with van der Waals surface area (Å²) in [5.41, 5.74) is 0.825. The summed E-state index contributed by atoms with van der Waals surface area (Å²) in [5.74, 6) is 0.311. The van der Waals surface area contributed by atoms with Crippen LogP contribution in [0.5, 0.6) is 5.75 Å². The van der Waals surface area contributed by atoms with E-state index in [1.54, 1.807) is 6.07 Å². The van der Waals surface area contributed by atoms with Crippen LogP contribution in [0.25, 0.3) is 10.8 Å². The fourth-order valence-electron chi connectivity index (χ4n) is 1.62. The number of anilines is 1. The van der Waals surface area contributed by atoms with Crippen molar-refractivity contribution in [3.05, 3.63) is 36.4 Å². The lowest BCUT2D eigenvalue weighted by atomic mass is 10.1. The van der Waals surface area contributed by atoms with E-state index in [9.17, 15) is 5.11 Å². The van der Waals surface area contributed by atoms with E-state index >= 15 is 0 Å². The number of hydrogen-bond donors (Lipinski definition) is 2. The normalized spacial score (nSPS) is 10.4. The third kappa shape index (κ3) is 1.39. The summed E-state index contributed by atoms with van der Waals surface area (Å²) in [6, 6.07) is 11.7. The van der Waals surface area contributed by atoms with E-state index < -0.39 is 0 Å². The zero-order chi connectivity index (χ0) is 9.97. The Hall–Kier alpha value is -1.70. The fourth-order valence-corrected chi connectivity index (χ4v) is 1.62. The van der Waals surface area contributed by atoms with Crippen LogP contribution in [0.15, 0.2) is 36.4 Å². The lowest BCUT2D eigenvalue weighted by Crippen LogP contribution is -1.97. The molecule has 0 aliphatic rings.